The smallest absolute Gasteiger partial charge is 0.389 e. The van der Waals surface area contributed by atoms with E-state index in [1.165, 1.54) is 20.7 Å². The minimum atomic E-state index is -4.51. The number of methoxy groups -OCH3 is 2. The van der Waals surface area contributed by atoms with E-state index < -0.39 is 83.6 Å². The Morgan fingerprint density at radius 1 is 0.739 bits per heavy atom. The number of Topliss-reactive ketones (excluding diaryl/α,β-unsaturated/α-hetero) is 2. The molecule has 0 saturated heterocycles. The molecule has 4 N–H and O–H groups in total. The molecule has 0 spiro atoms. The zero-order chi connectivity index (χ0) is 35.0. The van der Waals surface area contributed by atoms with Crippen LogP contribution < -0.4 is 20.4 Å². The summed E-state index contributed by atoms with van der Waals surface area (Å²) in [4.78, 5) is 23.6. The van der Waals surface area contributed by atoms with Crippen molar-refractivity contribution in [2.45, 2.75) is 76.9 Å². The van der Waals surface area contributed by atoms with E-state index in [0.717, 1.165) is 25.3 Å². The van der Waals surface area contributed by atoms with Gasteiger partial charge in [0, 0.05) is 12.8 Å². The fourth-order valence-electron chi connectivity index (χ4n) is 3.33. The third-order valence-electron chi connectivity index (χ3n) is 6.53. The Morgan fingerprint density at radius 3 is 1.43 bits per heavy atom. The Balaban J connectivity index is 0.000000902. The Kier molecular flexibility index (Phi) is 15.9. The summed E-state index contributed by atoms with van der Waals surface area (Å²) >= 11 is 0. The first-order valence-corrected chi connectivity index (χ1v) is 13.1. The molecule has 0 aliphatic carbocycles. The molecule has 0 unspecified atom stereocenters. The Morgan fingerprint density at radius 2 is 1.11 bits per heavy atom. The lowest BCUT2D eigenvalue weighted by Crippen LogP contribution is -2.49. The first-order valence-electron chi connectivity index (χ1n) is 13.1. The second kappa shape index (κ2) is 17.1. The van der Waals surface area contributed by atoms with Crippen LogP contribution in [0.4, 0.5) is 35.1 Å². The van der Waals surface area contributed by atoms with Crippen molar-refractivity contribution in [2.75, 3.05) is 14.2 Å². The Hall–Kier alpha value is -3.21. The molecule has 46 heavy (non-hydrogen) atoms. The molecule has 0 bridgehead atoms. The van der Waals surface area contributed by atoms with Crippen molar-refractivity contribution in [1.29, 1.82) is 0 Å². The van der Waals surface area contributed by atoms with Crippen LogP contribution in [0.15, 0.2) is 24.3 Å². The summed E-state index contributed by atoms with van der Waals surface area (Å²) in [5.74, 6) is -4.45. The zero-order valence-corrected chi connectivity index (χ0v) is 25.8. The third kappa shape index (κ3) is 13.3. The van der Waals surface area contributed by atoms with Gasteiger partial charge in [-0.3, -0.25) is 9.59 Å². The molecule has 0 amide bonds. The van der Waals surface area contributed by atoms with E-state index in [2.05, 4.69) is 0 Å². The molecule has 0 atom stereocenters. The standard InChI is InChI=1S/C17H22BF4O4.C11H10BF4O3.H2O/c1-15(2,24)16(3,4)26-18-10-8-11(19)14(13(9-10)25-5)12(23)6-7-17(20,21)22;1-19-9-5-6(12-18)4-7(13)10(9)8(17)2-3-11(14,15)16;/h8-9,24H,6-7H2,1-5H3;4-5,18H,2-3H2,1H3;1H2. The van der Waals surface area contributed by atoms with Gasteiger partial charge in [-0.05, 0) is 62.9 Å². The number of rotatable bonds is 13. The van der Waals surface area contributed by atoms with Gasteiger partial charge in [0.05, 0.1) is 49.4 Å². The molecule has 0 aliphatic rings. The first kappa shape index (κ1) is 42.8. The molecule has 0 aliphatic heterocycles. The average molecular weight is 672 g/mol. The minimum Gasteiger partial charge on any atom is -0.496 e. The summed E-state index contributed by atoms with van der Waals surface area (Å²) in [5, 5.41) is 18.8. The van der Waals surface area contributed by atoms with Crippen molar-refractivity contribution < 1.29 is 74.4 Å². The van der Waals surface area contributed by atoms with Crippen molar-refractivity contribution in [3.63, 3.8) is 0 Å². The molecular formula is C28H34B2F8O8. The van der Waals surface area contributed by atoms with Crippen LogP contribution in [-0.2, 0) is 4.65 Å². The van der Waals surface area contributed by atoms with Gasteiger partial charge in [-0.25, -0.2) is 8.78 Å². The van der Waals surface area contributed by atoms with Crippen LogP contribution in [0.3, 0.4) is 0 Å². The number of hydrogen-bond acceptors (Lipinski definition) is 7. The third-order valence-corrected chi connectivity index (χ3v) is 6.53. The molecule has 0 aromatic heterocycles. The molecule has 0 fully saturated rings. The summed E-state index contributed by atoms with van der Waals surface area (Å²) in [6, 6.07) is 4.24. The van der Waals surface area contributed by atoms with E-state index in [1.54, 1.807) is 27.7 Å². The van der Waals surface area contributed by atoms with Gasteiger partial charge in [0.15, 0.2) is 11.6 Å². The highest BCUT2D eigenvalue weighted by molar-refractivity contribution is 6.47. The van der Waals surface area contributed by atoms with Crippen molar-refractivity contribution in [3.05, 3.63) is 47.0 Å². The summed E-state index contributed by atoms with van der Waals surface area (Å²) < 4.78 is 116. The average Bonchev–Trinajstić information content (AvgIpc) is 2.91. The van der Waals surface area contributed by atoms with Crippen LogP contribution >= 0.6 is 0 Å². The molecule has 2 rings (SSSR count). The van der Waals surface area contributed by atoms with Crippen LogP contribution in [0, 0.1) is 11.6 Å². The maximum Gasteiger partial charge on any atom is 0.389 e. The molecule has 8 nitrogen and oxygen atoms in total. The van der Waals surface area contributed by atoms with Crippen LogP contribution in [0.2, 0.25) is 0 Å². The summed E-state index contributed by atoms with van der Waals surface area (Å²) in [6.07, 6.45) is -13.4. The van der Waals surface area contributed by atoms with Crippen LogP contribution in [0.1, 0.15) is 74.1 Å². The van der Waals surface area contributed by atoms with Crippen molar-refractivity contribution in [2.24, 2.45) is 0 Å². The molecule has 256 valence electrons. The maximum atomic E-state index is 14.3. The monoisotopic (exact) mass is 672 g/mol. The van der Waals surface area contributed by atoms with E-state index in [1.807, 2.05) is 0 Å². The molecule has 2 aromatic rings. The normalized spacial score (nSPS) is 11.9. The van der Waals surface area contributed by atoms with Gasteiger partial charge < -0.3 is 29.7 Å². The molecule has 0 heterocycles. The highest BCUT2D eigenvalue weighted by atomic mass is 19.4. The summed E-state index contributed by atoms with van der Waals surface area (Å²) in [5.41, 5.74) is -3.03. The van der Waals surface area contributed by atoms with Crippen molar-refractivity contribution in [3.8, 4) is 11.5 Å². The zero-order valence-electron chi connectivity index (χ0n) is 25.8. The van der Waals surface area contributed by atoms with Crippen LogP contribution in [0.5, 0.6) is 11.5 Å². The number of alkyl halides is 6. The van der Waals surface area contributed by atoms with E-state index >= 15 is 0 Å². The van der Waals surface area contributed by atoms with Crippen molar-refractivity contribution in [1.82, 2.24) is 0 Å². The highest BCUT2D eigenvalue weighted by Gasteiger charge is 2.36. The quantitative estimate of drug-likeness (QED) is 0.187. The minimum absolute atomic E-state index is 0. The van der Waals surface area contributed by atoms with Gasteiger partial charge >= 0.3 is 27.3 Å². The van der Waals surface area contributed by atoms with E-state index in [0.29, 0.717) is 7.48 Å². The second-order valence-corrected chi connectivity index (χ2v) is 10.7. The lowest BCUT2D eigenvalue weighted by Gasteiger charge is -2.37. The first-order chi connectivity index (χ1) is 20.5. The number of hydrogen-bond donors (Lipinski definition) is 2. The number of benzene rings is 2. The predicted octanol–water partition coefficient (Wildman–Crippen LogP) is 3.94. The van der Waals surface area contributed by atoms with Crippen LogP contribution in [0.25, 0.3) is 0 Å². The second-order valence-electron chi connectivity index (χ2n) is 10.7. The van der Waals surface area contributed by atoms with Gasteiger partial charge in [-0.2, -0.15) is 26.3 Å². The number of aliphatic hydroxyl groups is 1. The molecule has 18 heteroatoms. The number of carbonyl (C=O) groups is 2. The topological polar surface area (TPSA) is 134 Å². The molecular weight excluding hydrogens is 638 g/mol. The largest absolute Gasteiger partial charge is 0.496 e. The number of carbonyl (C=O) groups excluding carboxylic acids is 2. The Bertz CT molecular complexity index is 1330. The fraction of sp³-hybridized carbons (Fsp3) is 0.500. The fourth-order valence-corrected chi connectivity index (χ4v) is 3.33. The molecule has 2 radical (unpaired) electrons. The van der Waals surface area contributed by atoms with Gasteiger partial charge in [-0.1, -0.05) is 0 Å². The lowest BCUT2D eigenvalue weighted by molar-refractivity contribution is -0.134. The Labute approximate surface area is 261 Å². The summed E-state index contributed by atoms with van der Waals surface area (Å²) in [7, 11) is 4.11. The van der Waals surface area contributed by atoms with E-state index in [-0.39, 0.29) is 27.9 Å². The number of halogens is 8. The number of ketones is 2. The molecule has 2 aromatic carbocycles. The van der Waals surface area contributed by atoms with Crippen LogP contribution in [-0.4, -0.2) is 79.9 Å². The van der Waals surface area contributed by atoms with E-state index in [9.17, 15) is 49.8 Å². The SMILES string of the molecule is COc1cc([B]O)cc(F)c1C(=O)CCC(F)(F)F.COc1cc([B]OC(C)(C)C(C)(C)O)cc(F)c1C(=O)CCC(F)(F)F.O. The maximum absolute atomic E-state index is 14.3. The predicted molar refractivity (Wildman–Crippen MR) is 153 cm³/mol. The van der Waals surface area contributed by atoms with Gasteiger partial charge in [0.25, 0.3) is 0 Å². The molecule has 0 saturated carbocycles. The van der Waals surface area contributed by atoms with Gasteiger partial charge in [0.1, 0.15) is 23.1 Å². The van der Waals surface area contributed by atoms with Gasteiger partial charge in [0.2, 0.25) is 0 Å². The van der Waals surface area contributed by atoms with Crippen molar-refractivity contribution >= 4 is 37.5 Å². The highest BCUT2D eigenvalue weighted by Crippen LogP contribution is 2.29. The lowest BCUT2D eigenvalue weighted by atomic mass is 9.82. The summed E-state index contributed by atoms with van der Waals surface area (Å²) in [6.45, 7) is 6.35. The number of ether oxygens (including phenoxy) is 2. The van der Waals surface area contributed by atoms with E-state index in [4.69, 9.17) is 19.2 Å². The van der Waals surface area contributed by atoms with Gasteiger partial charge in [-0.15, -0.1) is 0 Å².